The average Bonchev–Trinajstić information content (AvgIpc) is 3.20. The van der Waals surface area contributed by atoms with Crippen molar-refractivity contribution in [3.8, 4) is 5.75 Å². The lowest BCUT2D eigenvalue weighted by atomic mass is 10.1. The Hall–Kier alpha value is -2.24. The highest BCUT2D eigenvalue weighted by atomic mass is 16.5. The highest BCUT2D eigenvalue weighted by Gasteiger charge is 2.54. The second-order valence-corrected chi connectivity index (χ2v) is 4.25. The number of amidine groups is 1. The Labute approximate surface area is 104 Å². The van der Waals surface area contributed by atoms with Gasteiger partial charge in [0.25, 0.3) is 0 Å². The van der Waals surface area contributed by atoms with Crippen LogP contribution in [0.3, 0.4) is 0 Å². The fourth-order valence-electron chi connectivity index (χ4n) is 1.75. The number of nitrogens with zero attached hydrogens (tertiary/aromatic N) is 1. The topological polar surface area (TPSA) is 96.9 Å². The SMILES string of the molecule is COc1ccc(NC(=O)C2(/C(N)=N/O)CC2)cc1. The van der Waals surface area contributed by atoms with Gasteiger partial charge in [-0.15, -0.1) is 0 Å². The first-order valence-corrected chi connectivity index (χ1v) is 5.56. The van der Waals surface area contributed by atoms with E-state index in [1.807, 2.05) is 0 Å². The standard InChI is InChI=1S/C12H15N3O3/c1-18-9-4-2-8(3-5-9)14-11(16)12(6-7-12)10(13)15-17/h2-5,17H,6-7H2,1H3,(H2,13,15)(H,14,16). The minimum atomic E-state index is -0.839. The van der Waals surface area contributed by atoms with Gasteiger partial charge in [0, 0.05) is 5.69 Å². The van der Waals surface area contributed by atoms with Crippen molar-refractivity contribution in [2.75, 3.05) is 12.4 Å². The number of hydrogen-bond acceptors (Lipinski definition) is 4. The number of rotatable bonds is 4. The molecule has 1 saturated carbocycles. The highest BCUT2D eigenvalue weighted by Crippen LogP contribution is 2.46. The molecule has 6 nitrogen and oxygen atoms in total. The van der Waals surface area contributed by atoms with E-state index in [0.717, 1.165) is 0 Å². The van der Waals surface area contributed by atoms with Crippen LogP contribution in [0.15, 0.2) is 29.4 Å². The number of nitrogens with one attached hydrogen (secondary N) is 1. The summed E-state index contributed by atoms with van der Waals surface area (Å²) in [6.07, 6.45) is 1.20. The van der Waals surface area contributed by atoms with E-state index in [1.54, 1.807) is 31.4 Å². The van der Waals surface area contributed by atoms with Gasteiger partial charge in [-0.1, -0.05) is 5.16 Å². The number of anilines is 1. The molecule has 0 heterocycles. The van der Waals surface area contributed by atoms with Crippen LogP contribution in [0.4, 0.5) is 5.69 Å². The van der Waals surface area contributed by atoms with Crippen molar-refractivity contribution < 1.29 is 14.7 Å². The summed E-state index contributed by atoms with van der Waals surface area (Å²) in [6, 6.07) is 6.97. The number of nitrogens with two attached hydrogens (primary N) is 1. The van der Waals surface area contributed by atoms with Crippen LogP contribution in [0, 0.1) is 5.41 Å². The third kappa shape index (κ3) is 2.09. The summed E-state index contributed by atoms with van der Waals surface area (Å²) >= 11 is 0. The molecular formula is C12H15N3O3. The largest absolute Gasteiger partial charge is 0.497 e. The molecule has 0 radical (unpaired) electrons. The zero-order valence-corrected chi connectivity index (χ0v) is 10.0. The number of ether oxygens (including phenoxy) is 1. The maximum atomic E-state index is 12.0. The summed E-state index contributed by atoms with van der Waals surface area (Å²) in [6.45, 7) is 0. The molecular weight excluding hydrogens is 234 g/mol. The molecule has 1 aromatic rings. The molecule has 1 aromatic carbocycles. The lowest BCUT2D eigenvalue weighted by molar-refractivity contribution is -0.119. The zero-order valence-electron chi connectivity index (χ0n) is 10.0. The summed E-state index contributed by atoms with van der Waals surface area (Å²) in [7, 11) is 1.57. The zero-order chi connectivity index (χ0) is 13.2. The molecule has 0 saturated heterocycles. The molecule has 1 aliphatic rings. The van der Waals surface area contributed by atoms with Gasteiger partial charge < -0.3 is 21.0 Å². The summed E-state index contributed by atoms with van der Waals surface area (Å²) in [5.41, 5.74) is 5.34. The Morgan fingerprint density at radius 1 is 1.44 bits per heavy atom. The monoisotopic (exact) mass is 249 g/mol. The van der Waals surface area contributed by atoms with Gasteiger partial charge in [-0.25, -0.2) is 0 Å². The first-order valence-electron chi connectivity index (χ1n) is 5.56. The maximum absolute atomic E-state index is 12.0. The van der Waals surface area contributed by atoms with Crippen LogP contribution in [0.5, 0.6) is 5.75 Å². The molecule has 1 amide bonds. The number of benzene rings is 1. The van der Waals surface area contributed by atoms with Crippen LogP contribution in [-0.2, 0) is 4.79 Å². The molecule has 96 valence electrons. The maximum Gasteiger partial charge on any atom is 0.238 e. The summed E-state index contributed by atoms with van der Waals surface area (Å²) in [5, 5.41) is 14.3. The number of methoxy groups -OCH3 is 1. The number of hydrogen-bond donors (Lipinski definition) is 3. The van der Waals surface area contributed by atoms with E-state index in [9.17, 15) is 4.79 Å². The smallest absolute Gasteiger partial charge is 0.238 e. The van der Waals surface area contributed by atoms with Crippen LogP contribution in [0.25, 0.3) is 0 Å². The normalized spacial score (nSPS) is 17.1. The Bertz CT molecular complexity index is 478. The number of amides is 1. The number of carbonyl (C=O) groups excluding carboxylic acids is 1. The third-order valence-electron chi connectivity index (χ3n) is 3.13. The number of carbonyl (C=O) groups is 1. The van der Waals surface area contributed by atoms with Crippen molar-refractivity contribution in [3.05, 3.63) is 24.3 Å². The molecule has 1 aliphatic carbocycles. The van der Waals surface area contributed by atoms with Crippen LogP contribution in [0.1, 0.15) is 12.8 Å². The predicted molar refractivity (Wildman–Crippen MR) is 66.7 cm³/mol. The molecule has 18 heavy (non-hydrogen) atoms. The van der Waals surface area contributed by atoms with E-state index in [0.29, 0.717) is 24.3 Å². The number of oxime groups is 1. The van der Waals surface area contributed by atoms with Crippen molar-refractivity contribution in [2.45, 2.75) is 12.8 Å². The molecule has 0 aliphatic heterocycles. The first kappa shape index (κ1) is 12.2. The van der Waals surface area contributed by atoms with Crippen molar-refractivity contribution in [2.24, 2.45) is 16.3 Å². The summed E-state index contributed by atoms with van der Waals surface area (Å²) in [5.74, 6) is 0.432. The van der Waals surface area contributed by atoms with Crippen molar-refractivity contribution >= 4 is 17.4 Å². The molecule has 1 fully saturated rings. The molecule has 0 atom stereocenters. The second-order valence-electron chi connectivity index (χ2n) is 4.25. The highest BCUT2D eigenvalue weighted by molar-refractivity contribution is 6.14. The Morgan fingerprint density at radius 3 is 2.50 bits per heavy atom. The van der Waals surface area contributed by atoms with Crippen LogP contribution in [-0.4, -0.2) is 24.1 Å². The van der Waals surface area contributed by atoms with Crippen LogP contribution < -0.4 is 15.8 Å². The van der Waals surface area contributed by atoms with Gasteiger partial charge >= 0.3 is 0 Å². The molecule has 0 spiro atoms. The lowest BCUT2D eigenvalue weighted by Crippen LogP contribution is -2.36. The Morgan fingerprint density at radius 2 is 2.06 bits per heavy atom. The third-order valence-corrected chi connectivity index (χ3v) is 3.13. The lowest BCUT2D eigenvalue weighted by Gasteiger charge is -2.13. The van der Waals surface area contributed by atoms with Crippen LogP contribution >= 0.6 is 0 Å². The van der Waals surface area contributed by atoms with Gasteiger partial charge in [-0.05, 0) is 37.1 Å². The fourth-order valence-corrected chi connectivity index (χ4v) is 1.75. The van der Waals surface area contributed by atoms with Gasteiger partial charge in [-0.3, -0.25) is 4.79 Å². The molecule has 0 unspecified atom stereocenters. The van der Waals surface area contributed by atoms with Gasteiger partial charge in [0.15, 0.2) is 5.84 Å². The minimum Gasteiger partial charge on any atom is -0.497 e. The van der Waals surface area contributed by atoms with Gasteiger partial charge in [-0.2, -0.15) is 0 Å². The van der Waals surface area contributed by atoms with E-state index < -0.39 is 5.41 Å². The minimum absolute atomic E-state index is 0.0338. The van der Waals surface area contributed by atoms with Gasteiger partial charge in [0.1, 0.15) is 11.2 Å². The van der Waals surface area contributed by atoms with Crippen molar-refractivity contribution in [1.82, 2.24) is 0 Å². The Kier molecular flexibility index (Phi) is 3.10. The van der Waals surface area contributed by atoms with Crippen LogP contribution in [0.2, 0.25) is 0 Å². The summed E-state index contributed by atoms with van der Waals surface area (Å²) < 4.78 is 5.02. The van der Waals surface area contributed by atoms with Gasteiger partial charge in [0.05, 0.1) is 7.11 Å². The molecule has 2 rings (SSSR count). The predicted octanol–water partition coefficient (Wildman–Crippen LogP) is 1.16. The molecule has 0 bridgehead atoms. The van der Waals surface area contributed by atoms with E-state index >= 15 is 0 Å². The summed E-state index contributed by atoms with van der Waals surface area (Å²) in [4.78, 5) is 12.0. The van der Waals surface area contributed by atoms with E-state index in [-0.39, 0.29) is 11.7 Å². The quantitative estimate of drug-likeness (QED) is 0.323. The molecule has 4 N–H and O–H groups in total. The first-order chi connectivity index (χ1) is 8.62. The van der Waals surface area contributed by atoms with E-state index in [2.05, 4.69) is 10.5 Å². The molecule has 0 aromatic heterocycles. The van der Waals surface area contributed by atoms with Crippen molar-refractivity contribution in [3.63, 3.8) is 0 Å². The van der Waals surface area contributed by atoms with E-state index in [1.165, 1.54) is 0 Å². The van der Waals surface area contributed by atoms with E-state index in [4.69, 9.17) is 15.7 Å². The fraction of sp³-hybridized carbons (Fsp3) is 0.333. The van der Waals surface area contributed by atoms with Gasteiger partial charge in [0.2, 0.25) is 5.91 Å². The van der Waals surface area contributed by atoms with Crippen molar-refractivity contribution in [1.29, 1.82) is 0 Å². The Balaban J connectivity index is 2.07. The molecule has 6 heteroatoms. The second kappa shape index (κ2) is 4.56. The average molecular weight is 249 g/mol.